The van der Waals surface area contributed by atoms with Gasteiger partial charge in [-0.25, -0.2) is 4.98 Å². The van der Waals surface area contributed by atoms with Crippen molar-refractivity contribution in [3.63, 3.8) is 0 Å². The molecule has 9 heteroatoms. The lowest BCUT2D eigenvalue weighted by Crippen LogP contribution is -2.42. The van der Waals surface area contributed by atoms with E-state index in [-0.39, 0.29) is 5.92 Å². The van der Waals surface area contributed by atoms with Crippen LogP contribution in [0.4, 0.5) is 5.82 Å². The molecular weight excluding hydrogens is 330 g/mol. The summed E-state index contributed by atoms with van der Waals surface area (Å²) in [6.07, 6.45) is 2.32. The summed E-state index contributed by atoms with van der Waals surface area (Å²) < 4.78 is 34.5. The van der Waals surface area contributed by atoms with E-state index in [0.717, 1.165) is 25.0 Å². The van der Waals surface area contributed by atoms with Gasteiger partial charge in [-0.15, -0.1) is 0 Å². The molecule has 1 aliphatic heterocycles. The molecule has 24 heavy (non-hydrogen) atoms. The Kier molecular flexibility index (Phi) is 4.81. The zero-order valence-electron chi connectivity index (χ0n) is 13.8. The third-order valence-corrected chi connectivity index (χ3v) is 5.50. The number of rotatable bonds is 5. The monoisotopic (exact) mass is 351 g/mol. The van der Waals surface area contributed by atoms with Gasteiger partial charge in [0.1, 0.15) is 5.82 Å². The summed E-state index contributed by atoms with van der Waals surface area (Å²) in [5.41, 5.74) is 0.841. The molecule has 1 fully saturated rings. The molecule has 3 heterocycles. The lowest BCUT2D eigenvalue weighted by atomic mass is 10.00. The molecule has 1 saturated heterocycles. The minimum atomic E-state index is -3.66. The van der Waals surface area contributed by atoms with Crippen molar-refractivity contribution in [2.75, 3.05) is 17.8 Å². The number of aromatic nitrogens is 3. The molecule has 1 N–H and O–H groups in total. The Morgan fingerprint density at radius 3 is 2.92 bits per heavy atom. The highest BCUT2D eigenvalue weighted by Crippen LogP contribution is 2.27. The SMILES string of the molecule is CCc1cccc(NS(=O)(=O)N2CCCC(c3nc(C)no3)C2)n1. The van der Waals surface area contributed by atoms with Crippen LogP contribution in [0.3, 0.4) is 0 Å². The van der Waals surface area contributed by atoms with Crippen molar-refractivity contribution >= 4 is 16.0 Å². The predicted octanol–water partition coefficient (Wildman–Crippen LogP) is 1.87. The third-order valence-electron chi connectivity index (χ3n) is 4.02. The molecule has 0 aromatic carbocycles. The number of nitrogens with one attached hydrogen (secondary N) is 1. The van der Waals surface area contributed by atoms with Crippen LogP contribution in [0.25, 0.3) is 0 Å². The van der Waals surface area contributed by atoms with Crippen LogP contribution >= 0.6 is 0 Å². The van der Waals surface area contributed by atoms with Gasteiger partial charge >= 0.3 is 10.2 Å². The van der Waals surface area contributed by atoms with E-state index in [0.29, 0.717) is 30.6 Å². The number of piperidine rings is 1. The fourth-order valence-electron chi connectivity index (χ4n) is 2.77. The van der Waals surface area contributed by atoms with Crippen molar-refractivity contribution in [3.8, 4) is 0 Å². The minimum Gasteiger partial charge on any atom is -0.339 e. The van der Waals surface area contributed by atoms with Gasteiger partial charge in [0.2, 0.25) is 5.89 Å². The molecule has 1 atom stereocenters. The zero-order chi connectivity index (χ0) is 17.2. The van der Waals surface area contributed by atoms with Crippen LogP contribution in [-0.2, 0) is 16.6 Å². The number of nitrogens with zero attached hydrogens (tertiary/aromatic N) is 4. The summed E-state index contributed by atoms with van der Waals surface area (Å²) in [5.74, 6) is 1.32. The van der Waals surface area contributed by atoms with Crippen molar-refractivity contribution < 1.29 is 12.9 Å². The van der Waals surface area contributed by atoms with Crippen LogP contribution in [0.2, 0.25) is 0 Å². The first-order valence-corrected chi connectivity index (χ1v) is 9.46. The highest BCUT2D eigenvalue weighted by atomic mass is 32.2. The second-order valence-corrected chi connectivity index (χ2v) is 7.52. The molecule has 130 valence electrons. The number of hydrogen-bond acceptors (Lipinski definition) is 6. The van der Waals surface area contributed by atoms with E-state index in [9.17, 15) is 8.42 Å². The topological polar surface area (TPSA) is 101 Å². The molecule has 8 nitrogen and oxygen atoms in total. The molecule has 1 unspecified atom stereocenters. The van der Waals surface area contributed by atoms with Gasteiger partial charge in [-0.05, 0) is 38.3 Å². The van der Waals surface area contributed by atoms with Crippen LogP contribution in [-0.4, -0.2) is 40.9 Å². The summed E-state index contributed by atoms with van der Waals surface area (Å²) in [5, 5.41) is 3.79. The molecule has 2 aromatic rings. The van der Waals surface area contributed by atoms with E-state index in [1.54, 1.807) is 19.1 Å². The van der Waals surface area contributed by atoms with Crippen molar-refractivity contribution in [3.05, 3.63) is 35.6 Å². The fraction of sp³-hybridized carbons (Fsp3) is 0.533. The average Bonchev–Trinajstić information content (AvgIpc) is 3.01. The van der Waals surface area contributed by atoms with E-state index >= 15 is 0 Å². The first-order valence-electron chi connectivity index (χ1n) is 8.02. The molecule has 0 aliphatic carbocycles. The lowest BCUT2D eigenvalue weighted by Gasteiger charge is -2.30. The highest BCUT2D eigenvalue weighted by Gasteiger charge is 2.32. The Balaban J connectivity index is 1.73. The number of aryl methyl sites for hydroxylation is 2. The van der Waals surface area contributed by atoms with E-state index < -0.39 is 10.2 Å². The maximum Gasteiger partial charge on any atom is 0.302 e. The summed E-state index contributed by atoms with van der Waals surface area (Å²) in [6.45, 7) is 4.51. The minimum absolute atomic E-state index is 0.0774. The first kappa shape index (κ1) is 16.8. The van der Waals surface area contributed by atoms with Gasteiger partial charge in [-0.2, -0.15) is 17.7 Å². The van der Waals surface area contributed by atoms with Crippen LogP contribution in [0, 0.1) is 6.92 Å². The van der Waals surface area contributed by atoms with Crippen LogP contribution in [0.1, 0.15) is 43.1 Å². The summed E-state index contributed by atoms with van der Waals surface area (Å²) in [6, 6.07) is 5.32. The van der Waals surface area contributed by atoms with Gasteiger partial charge in [-0.1, -0.05) is 18.1 Å². The molecule has 0 bridgehead atoms. The van der Waals surface area contributed by atoms with Gasteiger partial charge in [0.15, 0.2) is 5.82 Å². The van der Waals surface area contributed by atoms with Crippen LogP contribution < -0.4 is 4.72 Å². The van der Waals surface area contributed by atoms with Crippen LogP contribution in [0.5, 0.6) is 0 Å². The van der Waals surface area contributed by atoms with E-state index in [1.165, 1.54) is 4.31 Å². The third kappa shape index (κ3) is 3.73. The summed E-state index contributed by atoms with van der Waals surface area (Å²) >= 11 is 0. The lowest BCUT2D eigenvalue weighted by molar-refractivity contribution is 0.266. The van der Waals surface area contributed by atoms with E-state index in [1.807, 2.05) is 13.0 Å². The Hall–Kier alpha value is -2.00. The number of hydrogen-bond donors (Lipinski definition) is 1. The van der Waals surface area contributed by atoms with Gasteiger partial charge < -0.3 is 4.52 Å². The van der Waals surface area contributed by atoms with Gasteiger partial charge in [0.05, 0.1) is 5.92 Å². The Morgan fingerprint density at radius 2 is 2.21 bits per heavy atom. The van der Waals surface area contributed by atoms with Crippen molar-refractivity contribution in [1.82, 2.24) is 19.4 Å². The standard InChI is InChI=1S/C15H21N5O3S/c1-3-13-7-4-8-14(17-13)19-24(21,22)20-9-5-6-12(10-20)15-16-11(2)18-23-15/h4,7-8,12H,3,5-6,9-10H2,1-2H3,(H,17,19). The molecule has 0 amide bonds. The van der Waals surface area contributed by atoms with E-state index in [2.05, 4.69) is 19.8 Å². The van der Waals surface area contributed by atoms with Crippen molar-refractivity contribution in [2.24, 2.45) is 0 Å². The molecule has 2 aromatic heterocycles. The first-order chi connectivity index (χ1) is 11.5. The number of anilines is 1. The van der Waals surface area contributed by atoms with Crippen molar-refractivity contribution in [1.29, 1.82) is 0 Å². The predicted molar refractivity (Wildman–Crippen MR) is 88.7 cm³/mol. The maximum atomic E-state index is 12.6. The Labute approximate surface area is 141 Å². The average molecular weight is 351 g/mol. The maximum absolute atomic E-state index is 12.6. The smallest absolute Gasteiger partial charge is 0.302 e. The number of pyridine rings is 1. The van der Waals surface area contributed by atoms with Crippen LogP contribution in [0.15, 0.2) is 22.7 Å². The molecular formula is C15H21N5O3S. The molecule has 3 rings (SSSR count). The van der Waals surface area contributed by atoms with Gasteiger partial charge in [0.25, 0.3) is 0 Å². The quantitative estimate of drug-likeness (QED) is 0.882. The normalized spacial score (nSPS) is 19.3. The molecule has 0 saturated carbocycles. The largest absolute Gasteiger partial charge is 0.339 e. The molecule has 0 spiro atoms. The second kappa shape index (κ2) is 6.86. The Bertz CT molecular complexity index is 805. The summed E-state index contributed by atoms with van der Waals surface area (Å²) in [7, 11) is -3.66. The Morgan fingerprint density at radius 1 is 1.38 bits per heavy atom. The second-order valence-electron chi connectivity index (χ2n) is 5.85. The van der Waals surface area contributed by atoms with Gasteiger partial charge in [0, 0.05) is 18.8 Å². The van der Waals surface area contributed by atoms with Gasteiger partial charge in [-0.3, -0.25) is 4.72 Å². The summed E-state index contributed by atoms with van der Waals surface area (Å²) in [4.78, 5) is 8.52. The fourth-order valence-corrected chi connectivity index (χ4v) is 4.02. The molecule has 1 aliphatic rings. The van der Waals surface area contributed by atoms with Crippen molar-refractivity contribution in [2.45, 2.75) is 39.0 Å². The highest BCUT2D eigenvalue weighted by molar-refractivity contribution is 7.90. The molecule has 0 radical (unpaired) electrons. The van der Waals surface area contributed by atoms with E-state index in [4.69, 9.17) is 4.52 Å². The zero-order valence-corrected chi connectivity index (χ0v) is 14.6.